The van der Waals surface area contributed by atoms with Gasteiger partial charge in [0.05, 0.1) is 31.2 Å². The number of aryl methyl sites for hydroxylation is 1. The molecule has 2 aromatic rings. The van der Waals surface area contributed by atoms with Gasteiger partial charge < -0.3 is 15.0 Å². The fourth-order valence-corrected chi connectivity index (χ4v) is 3.03. The van der Waals surface area contributed by atoms with Crippen LogP contribution in [-0.4, -0.2) is 41.0 Å². The van der Waals surface area contributed by atoms with E-state index in [-0.39, 0.29) is 12.0 Å². The van der Waals surface area contributed by atoms with Crippen LogP contribution in [0.25, 0.3) is 0 Å². The van der Waals surface area contributed by atoms with Crippen molar-refractivity contribution in [2.45, 2.75) is 39.2 Å². The molecule has 0 spiro atoms. The second kappa shape index (κ2) is 7.53. The first kappa shape index (κ1) is 17.2. The number of nitrogens with one attached hydrogen (secondary N) is 2. The third-order valence-corrected chi connectivity index (χ3v) is 4.42. The summed E-state index contributed by atoms with van der Waals surface area (Å²) < 4.78 is 5.53. The van der Waals surface area contributed by atoms with E-state index in [9.17, 15) is 5.26 Å². The second-order valence-corrected chi connectivity index (χ2v) is 6.41. The molecule has 0 saturated carbocycles. The Morgan fingerprint density at radius 1 is 1.44 bits per heavy atom. The Kier molecular flexibility index (Phi) is 5.19. The van der Waals surface area contributed by atoms with Crippen LogP contribution < -0.4 is 10.2 Å². The first-order chi connectivity index (χ1) is 12.1. The average Bonchev–Trinajstić information content (AvgIpc) is 3.01. The van der Waals surface area contributed by atoms with Crippen LogP contribution in [0.3, 0.4) is 0 Å². The zero-order chi connectivity index (χ0) is 17.8. The normalized spacial score (nSPS) is 18.6. The summed E-state index contributed by atoms with van der Waals surface area (Å²) in [5.74, 6) is 2.14. The molecule has 1 fully saturated rings. The minimum absolute atomic E-state index is 0.153. The highest BCUT2D eigenvalue weighted by atomic mass is 16.5. The van der Waals surface area contributed by atoms with Crippen molar-refractivity contribution >= 4 is 17.5 Å². The Morgan fingerprint density at radius 2 is 2.28 bits per heavy atom. The Balaban J connectivity index is 1.97. The van der Waals surface area contributed by atoms with E-state index in [2.05, 4.69) is 33.4 Å². The highest BCUT2D eigenvalue weighted by molar-refractivity contribution is 5.58. The van der Waals surface area contributed by atoms with E-state index in [1.54, 1.807) is 0 Å². The van der Waals surface area contributed by atoms with Crippen LogP contribution in [0.15, 0.2) is 18.2 Å². The quantitative estimate of drug-likeness (QED) is 0.869. The summed E-state index contributed by atoms with van der Waals surface area (Å²) in [6.07, 6.45) is 0.763. The fraction of sp³-hybridized carbons (Fsp3) is 0.500. The molecule has 7 nitrogen and oxygen atoms in total. The van der Waals surface area contributed by atoms with Gasteiger partial charge >= 0.3 is 0 Å². The minimum Gasteiger partial charge on any atom is -0.377 e. The number of nitrogens with zero attached hydrogens (tertiary/aromatic N) is 4. The fourth-order valence-electron chi connectivity index (χ4n) is 3.03. The standard InChI is InChI=1S/C18H24N6O/c1-4-14(10-19)15-8-16(20-17-7-12(2)22-23-17)21-18(9-15)24-5-6-25-11-13(24)3/h7-9,13-14H,4-6,11H2,1-3H3,(H2,20,21,22,23)/t13-,14?/m1/s1. The lowest BCUT2D eigenvalue weighted by Gasteiger charge is -2.34. The molecule has 7 heteroatoms. The van der Waals surface area contributed by atoms with E-state index in [0.717, 1.165) is 30.0 Å². The predicted molar refractivity (Wildman–Crippen MR) is 97.1 cm³/mol. The highest BCUT2D eigenvalue weighted by Crippen LogP contribution is 2.28. The maximum Gasteiger partial charge on any atom is 0.153 e. The molecule has 0 radical (unpaired) electrons. The van der Waals surface area contributed by atoms with Crippen LogP contribution in [0.2, 0.25) is 0 Å². The lowest BCUT2D eigenvalue weighted by Crippen LogP contribution is -2.44. The van der Waals surface area contributed by atoms with Crippen molar-refractivity contribution in [2.24, 2.45) is 0 Å². The number of hydrogen-bond acceptors (Lipinski definition) is 6. The summed E-state index contributed by atoms with van der Waals surface area (Å²) in [4.78, 5) is 6.99. The second-order valence-electron chi connectivity index (χ2n) is 6.41. The highest BCUT2D eigenvalue weighted by Gasteiger charge is 2.22. The number of aromatic amines is 1. The monoisotopic (exact) mass is 340 g/mol. The molecule has 3 heterocycles. The summed E-state index contributed by atoms with van der Waals surface area (Å²) in [5.41, 5.74) is 1.95. The van der Waals surface area contributed by atoms with Gasteiger partial charge in [0.15, 0.2) is 5.82 Å². The largest absolute Gasteiger partial charge is 0.377 e. The van der Waals surface area contributed by atoms with Crippen LogP contribution in [0, 0.1) is 18.3 Å². The Labute approximate surface area is 148 Å². The van der Waals surface area contributed by atoms with E-state index in [4.69, 9.17) is 9.72 Å². The van der Waals surface area contributed by atoms with Gasteiger partial charge in [0.1, 0.15) is 11.6 Å². The molecule has 25 heavy (non-hydrogen) atoms. The van der Waals surface area contributed by atoms with Crippen molar-refractivity contribution in [2.75, 3.05) is 30.0 Å². The van der Waals surface area contributed by atoms with Crippen LogP contribution >= 0.6 is 0 Å². The van der Waals surface area contributed by atoms with Gasteiger partial charge in [-0.15, -0.1) is 0 Å². The van der Waals surface area contributed by atoms with E-state index in [1.807, 2.05) is 32.0 Å². The molecule has 0 amide bonds. The summed E-state index contributed by atoms with van der Waals surface area (Å²) in [6, 6.07) is 8.53. The van der Waals surface area contributed by atoms with Gasteiger partial charge in [-0.1, -0.05) is 6.92 Å². The lowest BCUT2D eigenvalue weighted by atomic mass is 9.98. The van der Waals surface area contributed by atoms with Crippen molar-refractivity contribution in [3.8, 4) is 6.07 Å². The predicted octanol–water partition coefficient (Wildman–Crippen LogP) is 3.10. The number of pyridine rings is 1. The molecular formula is C18H24N6O. The van der Waals surface area contributed by atoms with Crippen LogP contribution in [0.1, 0.15) is 37.4 Å². The van der Waals surface area contributed by atoms with Crippen molar-refractivity contribution in [3.63, 3.8) is 0 Å². The SMILES string of the molecule is CCC(C#N)c1cc(Nc2cc(C)[nH]n2)nc(N2CCOC[C@H]2C)c1. The molecule has 1 aliphatic heterocycles. The molecule has 0 bridgehead atoms. The molecule has 2 atom stereocenters. The van der Waals surface area contributed by atoms with Crippen LogP contribution in [0.4, 0.5) is 17.5 Å². The summed E-state index contributed by atoms with van der Waals surface area (Å²) >= 11 is 0. The maximum absolute atomic E-state index is 9.47. The average molecular weight is 340 g/mol. The molecule has 132 valence electrons. The number of anilines is 3. The molecule has 1 aliphatic rings. The first-order valence-electron chi connectivity index (χ1n) is 8.65. The minimum atomic E-state index is -0.153. The number of morpholine rings is 1. The van der Waals surface area contributed by atoms with Gasteiger partial charge in [-0.3, -0.25) is 5.10 Å². The van der Waals surface area contributed by atoms with Crippen LogP contribution in [0.5, 0.6) is 0 Å². The third-order valence-electron chi connectivity index (χ3n) is 4.42. The van der Waals surface area contributed by atoms with Crippen molar-refractivity contribution in [1.29, 1.82) is 5.26 Å². The molecule has 0 aromatic carbocycles. The van der Waals surface area contributed by atoms with Crippen molar-refractivity contribution < 1.29 is 4.74 Å². The van der Waals surface area contributed by atoms with E-state index in [0.29, 0.717) is 24.8 Å². The Hall–Kier alpha value is -2.59. The third kappa shape index (κ3) is 3.91. The van der Waals surface area contributed by atoms with Gasteiger partial charge in [0.2, 0.25) is 0 Å². The molecule has 1 unspecified atom stereocenters. The van der Waals surface area contributed by atoms with E-state index in [1.165, 1.54) is 0 Å². The molecule has 2 N–H and O–H groups in total. The van der Waals surface area contributed by atoms with Crippen molar-refractivity contribution in [3.05, 3.63) is 29.5 Å². The van der Waals surface area contributed by atoms with Gasteiger partial charge in [-0.05, 0) is 38.0 Å². The number of aromatic nitrogens is 3. The number of ether oxygens (including phenoxy) is 1. The molecule has 1 saturated heterocycles. The molecular weight excluding hydrogens is 316 g/mol. The lowest BCUT2D eigenvalue weighted by molar-refractivity contribution is 0.0985. The molecule has 3 rings (SSSR count). The topological polar surface area (TPSA) is 89.9 Å². The summed E-state index contributed by atoms with van der Waals surface area (Å²) in [5, 5.41) is 19.8. The smallest absolute Gasteiger partial charge is 0.153 e. The van der Waals surface area contributed by atoms with E-state index >= 15 is 0 Å². The van der Waals surface area contributed by atoms with Gasteiger partial charge in [-0.2, -0.15) is 10.4 Å². The molecule has 0 aliphatic carbocycles. The molecule has 2 aromatic heterocycles. The summed E-state index contributed by atoms with van der Waals surface area (Å²) in [7, 11) is 0. The Bertz CT molecular complexity index is 765. The first-order valence-corrected chi connectivity index (χ1v) is 8.65. The zero-order valence-electron chi connectivity index (χ0n) is 14.9. The van der Waals surface area contributed by atoms with Gasteiger partial charge in [0.25, 0.3) is 0 Å². The summed E-state index contributed by atoms with van der Waals surface area (Å²) in [6.45, 7) is 8.26. The Morgan fingerprint density at radius 3 is 2.92 bits per heavy atom. The van der Waals surface area contributed by atoms with Crippen LogP contribution in [-0.2, 0) is 4.74 Å². The van der Waals surface area contributed by atoms with Crippen molar-refractivity contribution in [1.82, 2.24) is 15.2 Å². The number of hydrogen-bond donors (Lipinski definition) is 2. The maximum atomic E-state index is 9.47. The zero-order valence-corrected chi connectivity index (χ0v) is 14.9. The number of rotatable bonds is 5. The van der Waals surface area contributed by atoms with E-state index < -0.39 is 0 Å². The van der Waals surface area contributed by atoms with Gasteiger partial charge in [0, 0.05) is 18.3 Å². The van der Waals surface area contributed by atoms with Gasteiger partial charge in [-0.25, -0.2) is 4.98 Å². The number of nitriles is 1. The number of H-pyrrole nitrogens is 1.